The second-order valence-electron chi connectivity index (χ2n) is 13.1. The zero-order chi connectivity index (χ0) is 31.6. The summed E-state index contributed by atoms with van der Waals surface area (Å²) in [4.78, 5) is 32.1. The lowest BCUT2D eigenvalue weighted by atomic mass is 9.86. The van der Waals surface area contributed by atoms with Gasteiger partial charge in [-0.05, 0) is 67.6 Å². The molecule has 4 aromatic rings. The normalized spacial score (nSPS) is 14.8. The van der Waals surface area contributed by atoms with E-state index in [0.29, 0.717) is 37.1 Å². The fourth-order valence-corrected chi connectivity index (χ4v) is 5.50. The molecule has 1 fully saturated rings. The fraction of sp³-hybridized carbons (Fsp3) is 0.412. The second kappa shape index (κ2) is 12.2. The average Bonchev–Trinajstić information content (AvgIpc) is 3.40. The Balaban J connectivity index is 1.45. The predicted molar refractivity (Wildman–Crippen MR) is 176 cm³/mol. The van der Waals surface area contributed by atoms with Gasteiger partial charge in [0.15, 0.2) is 0 Å². The third kappa shape index (κ3) is 6.79. The molecule has 0 unspecified atom stereocenters. The number of imidazole rings is 1. The summed E-state index contributed by atoms with van der Waals surface area (Å²) in [5, 5.41) is 6.49. The molecule has 232 valence electrons. The molecule has 0 saturated carbocycles. The molecule has 44 heavy (non-hydrogen) atoms. The van der Waals surface area contributed by atoms with Crippen molar-refractivity contribution in [2.75, 3.05) is 41.9 Å². The van der Waals surface area contributed by atoms with Gasteiger partial charge in [-0.25, -0.2) is 9.97 Å². The molecular weight excluding hydrogens is 552 g/mol. The van der Waals surface area contributed by atoms with Crippen molar-refractivity contribution in [2.45, 2.75) is 59.0 Å². The molecule has 10 nitrogen and oxygen atoms in total. The van der Waals surface area contributed by atoms with E-state index in [1.165, 1.54) is 5.56 Å². The molecule has 2 N–H and O–H groups in total. The van der Waals surface area contributed by atoms with Crippen LogP contribution < -0.4 is 25.2 Å². The first-order chi connectivity index (χ1) is 20.8. The van der Waals surface area contributed by atoms with E-state index in [1.54, 1.807) is 19.4 Å². The number of hydrogen-bond donors (Lipinski definition) is 2. The summed E-state index contributed by atoms with van der Waals surface area (Å²) in [5.41, 5.74) is 4.45. The van der Waals surface area contributed by atoms with E-state index in [1.807, 2.05) is 29.9 Å². The van der Waals surface area contributed by atoms with Crippen LogP contribution in [0.3, 0.4) is 0 Å². The molecule has 0 radical (unpaired) electrons. The topological polar surface area (TPSA) is 100 Å². The first-order valence-electron chi connectivity index (χ1n) is 15.0. The molecule has 1 aliphatic rings. The van der Waals surface area contributed by atoms with E-state index in [-0.39, 0.29) is 16.9 Å². The number of aromatic nitrogens is 4. The minimum absolute atomic E-state index is 0.00781. The van der Waals surface area contributed by atoms with E-state index in [9.17, 15) is 4.79 Å². The number of benzene rings is 2. The lowest BCUT2D eigenvalue weighted by Crippen LogP contribution is -2.60. The zero-order valence-electron chi connectivity index (χ0n) is 27.1. The maximum Gasteiger partial charge on any atom is 0.270 e. The number of methoxy groups -OCH3 is 1. The summed E-state index contributed by atoms with van der Waals surface area (Å²) in [6.07, 6.45) is 3.57. The van der Waals surface area contributed by atoms with E-state index in [4.69, 9.17) is 14.7 Å². The number of ether oxygens (including phenoxy) is 1. The maximum absolute atomic E-state index is 13.5. The van der Waals surface area contributed by atoms with Crippen LogP contribution in [0.15, 0.2) is 60.9 Å². The van der Waals surface area contributed by atoms with Crippen LogP contribution in [0.4, 0.5) is 23.1 Å². The minimum Gasteiger partial charge on any atom is -0.497 e. The number of aryl methyl sites for hydroxylation is 2. The van der Waals surface area contributed by atoms with Crippen LogP contribution in [-0.4, -0.2) is 57.7 Å². The highest BCUT2D eigenvalue weighted by Gasteiger charge is 2.35. The number of carbonyl (C=O) groups excluding carboxylic acids is 1. The minimum atomic E-state index is -0.281. The predicted octanol–water partition coefficient (Wildman–Crippen LogP) is 5.60. The molecule has 1 amide bonds. The van der Waals surface area contributed by atoms with Gasteiger partial charge in [0.2, 0.25) is 5.95 Å². The van der Waals surface area contributed by atoms with Gasteiger partial charge in [-0.2, -0.15) is 4.98 Å². The molecule has 0 spiro atoms. The SMILES string of the molecule is COc1ccc(N2CCN(c3nc(Nc4cc(C(C)(C)C)ccc4C)cc(C(=O)NCc4nccn4C)n3)CC2(C)C)cc1. The van der Waals surface area contributed by atoms with Crippen molar-refractivity contribution in [3.05, 3.63) is 83.6 Å². The van der Waals surface area contributed by atoms with Crippen molar-refractivity contribution < 1.29 is 9.53 Å². The first-order valence-corrected chi connectivity index (χ1v) is 15.0. The van der Waals surface area contributed by atoms with Crippen LogP contribution in [0.1, 0.15) is 62.1 Å². The highest BCUT2D eigenvalue weighted by molar-refractivity contribution is 5.93. The van der Waals surface area contributed by atoms with Crippen LogP contribution in [0, 0.1) is 6.92 Å². The van der Waals surface area contributed by atoms with Crippen LogP contribution in [0.5, 0.6) is 5.75 Å². The molecule has 10 heteroatoms. The molecule has 0 aliphatic carbocycles. The van der Waals surface area contributed by atoms with E-state index >= 15 is 0 Å². The van der Waals surface area contributed by atoms with Crippen molar-refractivity contribution in [1.29, 1.82) is 0 Å². The summed E-state index contributed by atoms with van der Waals surface area (Å²) in [7, 11) is 3.58. The molecule has 2 aromatic heterocycles. The quantitative estimate of drug-likeness (QED) is 0.271. The highest BCUT2D eigenvalue weighted by Crippen LogP contribution is 2.32. The van der Waals surface area contributed by atoms with E-state index in [0.717, 1.165) is 35.1 Å². The molecule has 2 aromatic carbocycles. The Labute approximate surface area is 260 Å². The standard InChI is InChI=1S/C34H44N8O2/c1-23-9-10-24(33(2,3)4)19-27(23)37-29-20-28(31(43)36-21-30-35-15-16-40(30)7)38-32(39-29)41-17-18-42(34(5,6)22-41)25-11-13-26(44-8)14-12-25/h9-16,19-20H,17-18,21-22H2,1-8H3,(H,36,43)(H,37,38,39). The van der Waals surface area contributed by atoms with Gasteiger partial charge in [-0.1, -0.05) is 32.9 Å². The number of nitrogens with one attached hydrogen (secondary N) is 2. The zero-order valence-corrected chi connectivity index (χ0v) is 27.1. The third-order valence-corrected chi connectivity index (χ3v) is 8.21. The number of nitrogens with zero attached hydrogens (tertiary/aromatic N) is 6. The van der Waals surface area contributed by atoms with Crippen molar-refractivity contribution in [3.8, 4) is 5.75 Å². The van der Waals surface area contributed by atoms with Crippen LogP contribution >= 0.6 is 0 Å². The van der Waals surface area contributed by atoms with Crippen LogP contribution in [0.25, 0.3) is 0 Å². The first kappa shape index (κ1) is 30.8. The molecule has 0 bridgehead atoms. The Morgan fingerprint density at radius 3 is 2.43 bits per heavy atom. The third-order valence-electron chi connectivity index (χ3n) is 8.21. The van der Waals surface area contributed by atoms with E-state index < -0.39 is 0 Å². The van der Waals surface area contributed by atoms with Crippen molar-refractivity contribution in [2.24, 2.45) is 7.05 Å². The molecule has 5 rings (SSSR count). The van der Waals surface area contributed by atoms with Crippen molar-refractivity contribution in [3.63, 3.8) is 0 Å². The van der Waals surface area contributed by atoms with Gasteiger partial charge < -0.3 is 29.7 Å². The second-order valence-corrected chi connectivity index (χ2v) is 13.1. The smallest absolute Gasteiger partial charge is 0.270 e. The monoisotopic (exact) mass is 596 g/mol. The Kier molecular flexibility index (Phi) is 8.54. The number of hydrogen-bond acceptors (Lipinski definition) is 8. The number of piperazine rings is 1. The van der Waals surface area contributed by atoms with Gasteiger partial charge in [0, 0.05) is 56.5 Å². The summed E-state index contributed by atoms with van der Waals surface area (Å²) in [6.45, 7) is 15.5. The lowest BCUT2D eigenvalue weighted by molar-refractivity contribution is 0.0944. The molecular formula is C34H44N8O2. The van der Waals surface area contributed by atoms with Gasteiger partial charge in [0.1, 0.15) is 23.1 Å². The number of rotatable bonds is 8. The molecule has 1 saturated heterocycles. The van der Waals surface area contributed by atoms with Gasteiger partial charge in [-0.15, -0.1) is 0 Å². The maximum atomic E-state index is 13.5. The molecule has 0 atom stereocenters. The summed E-state index contributed by atoms with van der Waals surface area (Å²) in [5.74, 6) is 2.40. The largest absolute Gasteiger partial charge is 0.497 e. The van der Waals surface area contributed by atoms with Crippen molar-refractivity contribution >= 4 is 29.0 Å². The van der Waals surface area contributed by atoms with Gasteiger partial charge in [0.05, 0.1) is 19.2 Å². The lowest BCUT2D eigenvalue weighted by Gasteiger charge is -2.48. The highest BCUT2D eigenvalue weighted by atomic mass is 16.5. The molecule has 3 heterocycles. The fourth-order valence-electron chi connectivity index (χ4n) is 5.50. The Morgan fingerprint density at radius 2 is 1.80 bits per heavy atom. The van der Waals surface area contributed by atoms with Gasteiger partial charge in [0.25, 0.3) is 5.91 Å². The summed E-state index contributed by atoms with van der Waals surface area (Å²) < 4.78 is 7.24. The number of anilines is 4. The Bertz CT molecular complexity index is 1620. The van der Waals surface area contributed by atoms with Gasteiger partial charge >= 0.3 is 0 Å². The average molecular weight is 597 g/mol. The Hall–Kier alpha value is -4.60. The number of amides is 1. The Morgan fingerprint density at radius 1 is 1.05 bits per heavy atom. The number of carbonyl (C=O) groups is 1. The van der Waals surface area contributed by atoms with Crippen LogP contribution in [-0.2, 0) is 19.0 Å². The van der Waals surface area contributed by atoms with Crippen molar-refractivity contribution in [1.82, 2.24) is 24.8 Å². The molecule has 1 aliphatic heterocycles. The van der Waals surface area contributed by atoms with Crippen LogP contribution in [0.2, 0.25) is 0 Å². The van der Waals surface area contributed by atoms with Gasteiger partial charge in [-0.3, -0.25) is 4.79 Å². The summed E-state index contributed by atoms with van der Waals surface area (Å²) >= 11 is 0. The summed E-state index contributed by atoms with van der Waals surface area (Å²) in [6, 6.07) is 16.3. The van der Waals surface area contributed by atoms with E-state index in [2.05, 4.69) is 97.3 Å².